The van der Waals surface area contributed by atoms with Crippen molar-refractivity contribution in [2.45, 2.75) is 39.0 Å². The molecule has 0 aromatic rings. The average Bonchev–Trinajstić information content (AvgIpc) is 2.72. The molecule has 0 aromatic carbocycles. The molecule has 0 unspecified atom stereocenters. The van der Waals surface area contributed by atoms with Crippen molar-refractivity contribution in [3.8, 4) is 0 Å². The molecule has 0 N–H and O–H groups in total. The molecule has 8 heteroatoms. The summed E-state index contributed by atoms with van der Waals surface area (Å²) >= 11 is 0. The zero-order valence-corrected chi connectivity index (χ0v) is 14.4. The molecule has 0 saturated carbocycles. The van der Waals surface area contributed by atoms with Crippen LogP contribution in [0.25, 0.3) is 0 Å². The van der Waals surface area contributed by atoms with Gasteiger partial charge in [0.15, 0.2) is 0 Å². The molecule has 0 bridgehead atoms. The first-order valence-corrected chi connectivity index (χ1v) is 9.00. The summed E-state index contributed by atoms with van der Waals surface area (Å²) in [6.07, 6.45) is 3.76. The Morgan fingerprint density at radius 2 is 1.81 bits per heavy atom. The Hall–Kier alpha value is -0.963. The largest absolute Gasteiger partial charge is 0.636 e. The van der Waals surface area contributed by atoms with E-state index in [0.717, 1.165) is 25.7 Å². The van der Waals surface area contributed by atoms with Gasteiger partial charge in [-0.15, -0.1) is 0 Å². The van der Waals surface area contributed by atoms with E-state index < -0.39 is 8.97 Å². The van der Waals surface area contributed by atoms with Gasteiger partial charge in [-0.25, -0.2) is 4.79 Å². The van der Waals surface area contributed by atoms with E-state index in [1.165, 1.54) is 30.8 Å². The summed E-state index contributed by atoms with van der Waals surface area (Å²) in [7, 11) is 1.10. The Morgan fingerprint density at radius 3 is 2.33 bits per heavy atom. The fourth-order valence-corrected chi connectivity index (χ4v) is 4.50. The molecule has 0 spiro atoms. The highest BCUT2D eigenvalue weighted by atomic mass is 28.4. The van der Waals surface area contributed by atoms with Crippen LogP contribution >= 0.6 is 0 Å². The number of imide groups is 1. The van der Waals surface area contributed by atoms with Crippen molar-refractivity contribution >= 4 is 20.9 Å². The van der Waals surface area contributed by atoms with E-state index in [9.17, 15) is 9.59 Å². The lowest BCUT2D eigenvalue weighted by Crippen LogP contribution is -2.65. The molecule has 1 rings (SSSR count). The number of amides is 3. The van der Waals surface area contributed by atoms with E-state index in [4.69, 9.17) is 13.3 Å². The van der Waals surface area contributed by atoms with Crippen LogP contribution in [0.15, 0.2) is 0 Å². The minimum absolute atomic E-state index is 0.134. The summed E-state index contributed by atoms with van der Waals surface area (Å²) in [5.41, 5.74) is 0. The Balaban J connectivity index is 3.02. The maximum Gasteiger partial charge on any atom is 0.636 e. The van der Waals surface area contributed by atoms with Crippen LogP contribution in [0, 0.1) is 0 Å². The summed E-state index contributed by atoms with van der Waals surface area (Å²) in [5, 5.41) is 0. The van der Waals surface area contributed by atoms with Crippen molar-refractivity contribution in [3.63, 3.8) is 0 Å². The summed E-state index contributed by atoms with van der Waals surface area (Å²) in [5.74, 6) is -0.134. The first-order chi connectivity index (χ1) is 10.1. The Kier molecular flexibility index (Phi) is 7.30. The first-order valence-electron chi connectivity index (χ1n) is 7.33. The van der Waals surface area contributed by atoms with Gasteiger partial charge in [-0.2, -0.15) is 0 Å². The molecule has 1 aliphatic rings. The summed E-state index contributed by atoms with van der Waals surface area (Å²) in [4.78, 5) is 26.2. The molecule has 1 aliphatic heterocycles. The van der Waals surface area contributed by atoms with Crippen molar-refractivity contribution in [2.24, 2.45) is 0 Å². The lowest BCUT2D eigenvalue weighted by atomic mass is 10.2. The van der Waals surface area contributed by atoms with Gasteiger partial charge in [-0.3, -0.25) is 14.3 Å². The third kappa shape index (κ3) is 4.03. The van der Waals surface area contributed by atoms with Crippen LogP contribution in [0.1, 0.15) is 39.0 Å². The highest BCUT2D eigenvalue weighted by Gasteiger charge is 2.51. The Morgan fingerprint density at radius 1 is 1.19 bits per heavy atom. The quantitative estimate of drug-likeness (QED) is 0.696. The summed E-state index contributed by atoms with van der Waals surface area (Å²) in [6.45, 7) is 2.81. The highest BCUT2D eigenvalue weighted by Crippen LogP contribution is 2.19. The number of urea groups is 1. The second-order valence-corrected chi connectivity index (χ2v) is 7.74. The normalized spacial score (nSPS) is 16.8. The average molecular weight is 318 g/mol. The van der Waals surface area contributed by atoms with Gasteiger partial charge in [0, 0.05) is 40.8 Å². The van der Waals surface area contributed by atoms with Gasteiger partial charge < -0.3 is 13.3 Å². The van der Waals surface area contributed by atoms with Crippen LogP contribution in [0.4, 0.5) is 4.79 Å². The standard InChI is InChI=1S/C13H26N2O5Si/c1-5-10-15(21(18-2,19-3)20-4)13(17)14-11-8-6-7-9-12(14)16/h5-11H2,1-4H3. The molecule has 21 heavy (non-hydrogen) atoms. The van der Waals surface area contributed by atoms with Crippen LogP contribution in [-0.2, 0) is 18.1 Å². The highest BCUT2D eigenvalue weighted by molar-refractivity contribution is 6.60. The van der Waals surface area contributed by atoms with Crippen molar-refractivity contribution < 1.29 is 22.9 Å². The van der Waals surface area contributed by atoms with Gasteiger partial charge in [0.25, 0.3) is 0 Å². The molecule has 0 radical (unpaired) electrons. The third-order valence-electron chi connectivity index (χ3n) is 3.59. The lowest BCUT2D eigenvalue weighted by Gasteiger charge is -2.37. The molecule has 0 atom stereocenters. The zero-order valence-electron chi connectivity index (χ0n) is 13.4. The van der Waals surface area contributed by atoms with Crippen LogP contribution in [-0.4, -0.2) is 64.8 Å². The van der Waals surface area contributed by atoms with Gasteiger partial charge >= 0.3 is 15.0 Å². The minimum atomic E-state index is -3.27. The van der Waals surface area contributed by atoms with E-state index in [0.29, 0.717) is 19.5 Å². The predicted octanol–water partition coefficient (Wildman–Crippen LogP) is 1.60. The third-order valence-corrected chi connectivity index (χ3v) is 6.21. The van der Waals surface area contributed by atoms with E-state index in [-0.39, 0.29) is 11.9 Å². The smallest absolute Gasteiger partial charge is 0.360 e. The second kappa shape index (κ2) is 8.47. The molecular formula is C13H26N2O5Si. The van der Waals surface area contributed by atoms with Crippen LogP contribution < -0.4 is 0 Å². The fraction of sp³-hybridized carbons (Fsp3) is 0.846. The maximum absolute atomic E-state index is 12.8. The van der Waals surface area contributed by atoms with E-state index >= 15 is 0 Å². The van der Waals surface area contributed by atoms with Gasteiger partial charge in [-0.1, -0.05) is 13.3 Å². The van der Waals surface area contributed by atoms with Crippen LogP contribution in [0.2, 0.25) is 0 Å². The summed E-state index contributed by atoms with van der Waals surface area (Å²) < 4.78 is 17.6. The molecule has 7 nitrogen and oxygen atoms in total. The number of hydrogen-bond donors (Lipinski definition) is 0. The number of carbonyl (C=O) groups excluding carboxylic acids is 2. The zero-order chi connectivity index (χ0) is 15.9. The maximum atomic E-state index is 12.8. The first kappa shape index (κ1) is 18.1. The van der Waals surface area contributed by atoms with Crippen molar-refractivity contribution in [1.82, 2.24) is 9.47 Å². The molecule has 1 fully saturated rings. The molecule has 0 aromatic heterocycles. The van der Waals surface area contributed by atoms with E-state index in [1.54, 1.807) is 0 Å². The van der Waals surface area contributed by atoms with Crippen molar-refractivity contribution in [3.05, 3.63) is 0 Å². The van der Waals surface area contributed by atoms with E-state index in [1.807, 2.05) is 6.92 Å². The topological polar surface area (TPSA) is 68.3 Å². The molecule has 0 aliphatic carbocycles. The van der Waals surface area contributed by atoms with Crippen LogP contribution in [0.3, 0.4) is 0 Å². The second-order valence-electron chi connectivity index (χ2n) is 4.93. The van der Waals surface area contributed by atoms with Gasteiger partial charge in [0.2, 0.25) is 5.91 Å². The van der Waals surface area contributed by atoms with Gasteiger partial charge in [0.05, 0.1) is 0 Å². The molecule has 3 amide bonds. The number of nitrogens with zero attached hydrogens (tertiary/aromatic N) is 2. The number of rotatable bonds is 6. The lowest BCUT2D eigenvalue weighted by molar-refractivity contribution is -0.128. The molecule has 1 heterocycles. The Labute approximate surface area is 127 Å². The van der Waals surface area contributed by atoms with Crippen molar-refractivity contribution in [2.75, 3.05) is 34.4 Å². The van der Waals surface area contributed by atoms with Gasteiger partial charge in [-0.05, 0) is 19.3 Å². The fourth-order valence-electron chi connectivity index (χ4n) is 2.48. The Bertz CT molecular complexity index is 354. The number of hydrogen-bond acceptors (Lipinski definition) is 5. The summed E-state index contributed by atoms with van der Waals surface area (Å²) in [6, 6.07) is -0.374. The van der Waals surface area contributed by atoms with E-state index in [2.05, 4.69) is 0 Å². The van der Waals surface area contributed by atoms with Crippen LogP contribution in [0.5, 0.6) is 0 Å². The number of likely N-dealkylation sites (tertiary alicyclic amines) is 1. The predicted molar refractivity (Wildman–Crippen MR) is 79.4 cm³/mol. The van der Waals surface area contributed by atoms with Crippen molar-refractivity contribution in [1.29, 1.82) is 0 Å². The molecular weight excluding hydrogens is 292 g/mol. The molecule has 122 valence electrons. The minimum Gasteiger partial charge on any atom is -0.360 e. The SMILES string of the molecule is CCCN(C(=O)N1CCCCCC1=O)[Si](OC)(OC)OC. The monoisotopic (exact) mass is 318 g/mol. The number of carbonyl (C=O) groups is 2. The van der Waals surface area contributed by atoms with Gasteiger partial charge in [0.1, 0.15) is 0 Å². The molecule has 1 saturated heterocycles.